The van der Waals surface area contributed by atoms with Crippen LogP contribution < -0.4 is 5.32 Å². The minimum absolute atomic E-state index is 0.689. The number of rotatable bonds is 5. The van der Waals surface area contributed by atoms with E-state index in [1.165, 1.54) is 5.56 Å². The molecule has 0 atom stereocenters. The molecule has 3 rings (SSSR count). The zero-order valence-corrected chi connectivity index (χ0v) is 14.7. The first-order valence-electron chi connectivity index (χ1n) is 8.27. The quantitative estimate of drug-likeness (QED) is 0.777. The highest BCUT2D eigenvalue weighted by molar-refractivity contribution is 5.45. The Bertz CT molecular complexity index is 851. The van der Waals surface area contributed by atoms with Crippen LogP contribution in [0.2, 0.25) is 0 Å². The van der Waals surface area contributed by atoms with Crippen molar-refractivity contribution in [3.8, 4) is 5.69 Å². The normalized spacial score (nSPS) is 10.8. The Balaban J connectivity index is 1.86. The summed E-state index contributed by atoms with van der Waals surface area (Å²) >= 11 is 0. The number of aryl methyl sites for hydroxylation is 4. The van der Waals surface area contributed by atoms with Gasteiger partial charge in [-0.3, -0.25) is 0 Å². The fraction of sp³-hybridized carbons (Fsp3) is 0.316. The van der Waals surface area contributed by atoms with Crippen molar-refractivity contribution in [3.05, 3.63) is 64.9 Å². The topological polar surface area (TPSA) is 55.6 Å². The number of hydrogen-bond acceptors (Lipinski definition) is 4. The van der Waals surface area contributed by atoms with Gasteiger partial charge in [0.1, 0.15) is 11.6 Å². The first kappa shape index (κ1) is 16.2. The lowest BCUT2D eigenvalue weighted by atomic mass is 10.1. The van der Waals surface area contributed by atoms with Gasteiger partial charge in [-0.2, -0.15) is 5.10 Å². The van der Waals surface area contributed by atoms with Crippen LogP contribution in [0.15, 0.2) is 36.4 Å². The number of nitrogens with one attached hydrogen (secondary N) is 1. The minimum Gasteiger partial charge on any atom is -0.366 e. The number of benzene rings is 1. The Morgan fingerprint density at radius 3 is 2.54 bits per heavy atom. The summed E-state index contributed by atoms with van der Waals surface area (Å²) in [5.74, 6) is 1.66. The van der Waals surface area contributed by atoms with Crippen LogP contribution in [0.3, 0.4) is 0 Å². The van der Waals surface area contributed by atoms with E-state index < -0.39 is 0 Å². The predicted octanol–water partition coefficient (Wildman–Crippen LogP) is 3.76. The molecule has 1 N–H and O–H groups in total. The van der Waals surface area contributed by atoms with E-state index in [1.54, 1.807) is 0 Å². The number of para-hydroxylation sites is 1. The summed E-state index contributed by atoms with van der Waals surface area (Å²) < 4.78 is 2.00. The van der Waals surface area contributed by atoms with Crippen LogP contribution in [0.4, 0.5) is 5.82 Å². The Hall–Kier alpha value is -2.69. The van der Waals surface area contributed by atoms with Crippen LogP contribution in [0.5, 0.6) is 0 Å². The summed E-state index contributed by atoms with van der Waals surface area (Å²) in [5.41, 5.74) is 5.48. The Labute approximate surface area is 142 Å². The van der Waals surface area contributed by atoms with E-state index in [0.29, 0.717) is 6.54 Å². The highest BCUT2D eigenvalue weighted by Gasteiger charge is 2.09. The van der Waals surface area contributed by atoms with Gasteiger partial charge < -0.3 is 5.32 Å². The average Bonchev–Trinajstić information content (AvgIpc) is 2.91. The molecule has 0 amide bonds. The number of hydrogen-bond donors (Lipinski definition) is 1. The highest BCUT2D eigenvalue weighted by atomic mass is 15.3. The molecule has 2 heterocycles. The third-order valence-electron chi connectivity index (χ3n) is 3.94. The van der Waals surface area contributed by atoms with Crippen LogP contribution in [-0.4, -0.2) is 19.7 Å². The zero-order valence-electron chi connectivity index (χ0n) is 14.7. The molecule has 0 spiro atoms. The number of nitrogens with zero attached hydrogens (tertiary/aromatic N) is 4. The van der Waals surface area contributed by atoms with Crippen molar-refractivity contribution < 1.29 is 0 Å². The Kier molecular flexibility index (Phi) is 4.60. The summed E-state index contributed by atoms with van der Waals surface area (Å²) in [5, 5.41) is 8.02. The molecule has 0 bridgehead atoms. The Morgan fingerprint density at radius 1 is 1.04 bits per heavy atom. The second-order valence-electron chi connectivity index (χ2n) is 5.97. The standard InChI is InChI=1S/C19H23N5/c1-5-17-11-19(22-15(4)21-17)20-12-16-8-6-7-9-18(16)24-14(3)10-13(2)23-24/h6-11H,5,12H2,1-4H3,(H,20,21,22). The maximum atomic E-state index is 4.60. The fourth-order valence-electron chi connectivity index (χ4n) is 2.83. The van der Waals surface area contributed by atoms with E-state index in [1.807, 2.05) is 30.7 Å². The molecule has 0 saturated heterocycles. The van der Waals surface area contributed by atoms with Crippen molar-refractivity contribution in [1.29, 1.82) is 0 Å². The second-order valence-corrected chi connectivity index (χ2v) is 5.97. The van der Waals surface area contributed by atoms with E-state index in [2.05, 4.69) is 58.5 Å². The molecule has 5 heteroatoms. The number of anilines is 1. The van der Waals surface area contributed by atoms with Gasteiger partial charge in [0, 0.05) is 24.0 Å². The number of aromatic nitrogens is 4. The molecule has 0 aliphatic carbocycles. The summed E-state index contributed by atoms with van der Waals surface area (Å²) in [7, 11) is 0. The van der Waals surface area contributed by atoms with Crippen molar-refractivity contribution in [1.82, 2.24) is 19.7 Å². The average molecular weight is 321 g/mol. The van der Waals surface area contributed by atoms with Crippen LogP contribution >= 0.6 is 0 Å². The van der Waals surface area contributed by atoms with Crippen LogP contribution in [0, 0.1) is 20.8 Å². The lowest BCUT2D eigenvalue weighted by Gasteiger charge is -2.13. The molecular weight excluding hydrogens is 298 g/mol. The molecule has 3 aromatic rings. The Morgan fingerprint density at radius 2 is 1.83 bits per heavy atom. The van der Waals surface area contributed by atoms with Crippen molar-refractivity contribution in [3.63, 3.8) is 0 Å². The van der Waals surface area contributed by atoms with E-state index in [0.717, 1.165) is 40.8 Å². The van der Waals surface area contributed by atoms with E-state index in [4.69, 9.17) is 0 Å². The van der Waals surface area contributed by atoms with Crippen LogP contribution in [-0.2, 0) is 13.0 Å². The molecule has 0 fully saturated rings. The lowest BCUT2D eigenvalue weighted by Crippen LogP contribution is -2.09. The van der Waals surface area contributed by atoms with Gasteiger partial charge >= 0.3 is 0 Å². The van der Waals surface area contributed by atoms with Gasteiger partial charge in [-0.1, -0.05) is 25.1 Å². The third kappa shape index (κ3) is 3.45. The van der Waals surface area contributed by atoms with Gasteiger partial charge in [0.2, 0.25) is 0 Å². The molecular formula is C19H23N5. The van der Waals surface area contributed by atoms with Gasteiger partial charge in [-0.25, -0.2) is 14.6 Å². The summed E-state index contributed by atoms with van der Waals surface area (Å²) in [6, 6.07) is 12.4. The highest BCUT2D eigenvalue weighted by Crippen LogP contribution is 2.18. The van der Waals surface area contributed by atoms with E-state index in [-0.39, 0.29) is 0 Å². The SMILES string of the molecule is CCc1cc(NCc2ccccc2-n2nc(C)cc2C)nc(C)n1. The first-order chi connectivity index (χ1) is 11.6. The van der Waals surface area contributed by atoms with Gasteiger partial charge in [0.15, 0.2) is 0 Å². The maximum absolute atomic E-state index is 4.60. The first-order valence-corrected chi connectivity index (χ1v) is 8.27. The third-order valence-corrected chi connectivity index (χ3v) is 3.94. The molecule has 5 nitrogen and oxygen atoms in total. The van der Waals surface area contributed by atoms with Crippen LogP contribution in [0.25, 0.3) is 5.69 Å². The molecule has 0 unspecified atom stereocenters. The van der Waals surface area contributed by atoms with Gasteiger partial charge in [-0.05, 0) is 44.9 Å². The summed E-state index contributed by atoms with van der Waals surface area (Å²) in [4.78, 5) is 8.90. The molecule has 0 aliphatic rings. The van der Waals surface area contributed by atoms with Crippen molar-refractivity contribution in [2.24, 2.45) is 0 Å². The smallest absolute Gasteiger partial charge is 0.130 e. The van der Waals surface area contributed by atoms with Gasteiger partial charge in [-0.15, -0.1) is 0 Å². The van der Waals surface area contributed by atoms with E-state index in [9.17, 15) is 0 Å². The molecule has 124 valence electrons. The van der Waals surface area contributed by atoms with Crippen molar-refractivity contribution >= 4 is 5.82 Å². The predicted molar refractivity (Wildman–Crippen MR) is 96.5 cm³/mol. The maximum Gasteiger partial charge on any atom is 0.130 e. The zero-order chi connectivity index (χ0) is 17.1. The van der Waals surface area contributed by atoms with Crippen LogP contribution in [0.1, 0.15) is 35.4 Å². The molecule has 0 radical (unpaired) electrons. The lowest BCUT2D eigenvalue weighted by molar-refractivity contribution is 0.820. The summed E-state index contributed by atoms with van der Waals surface area (Å²) in [6.07, 6.45) is 0.903. The molecule has 0 saturated carbocycles. The minimum atomic E-state index is 0.689. The largest absolute Gasteiger partial charge is 0.366 e. The molecule has 0 aliphatic heterocycles. The fourth-order valence-corrected chi connectivity index (χ4v) is 2.83. The molecule has 2 aromatic heterocycles. The monoisotopic (exact) mass is 321 g/mol. The second kappa shape index (κ2) is 6.83. The van der Waals surface area contributed by atoms with E-state index >= 15 is 0 Å². The molecule has 1 aromatic carbocycles. The van der Waals surface area contributed by atoms with Crippen molar-refractivity contribution in [2.45, 2.75) is 40.7 Å². The van der Waals surface area contributed by atoms with Crippen molar-refractivity contribution in [2.75, 3.05) is 5.32 Å². The summed E-state index contributed by atoms with van der Waals surface area (Å²) in [6.45, 7) is 8.80. The van der Waals surface area contributed by atoms with Gasteiger partial charge in [0.05, 0.1) is 11.4 Å². The molecule has 24 heavy (non-hydrogen) atoms. The van der Waals surface area contributed by atoms with Gasteiger partial charge in [0.25, 0.3) is 0 Å².